The van der Waals surface area contributed by atoms with Crippen LogP contribution in [0.2, 0.25) is 0 Å². The van der Waals surface area contributed by atoms with E-state index < -0.39 is 5.97 Å². The van der Waals surface area contributed by atoms with E-state index in [9.17, 15) is 9.59 Å². The molecule has 2 unspecified atom stereocenters. The highest BCUT2D eigenvalue weighted by Crippen LogP contribution is 2.28. The van der Waals surface area contributed by atoms with Gasteiger partial charge in [-0.05, 0) is 44.2 Å². The summed E-state index contributed by atoms with van der Waals surface area (Å²) < 4.78 is 0. The average molecular weight is 281 g/mol. The van der Waals surface area contributed by atoms with Gasteiger partial charge in [0.1, 0.15) is 0 Å². The van der Waals surface area contributed by atoms with Crippen LogP contribution >= 0.6 is 0 Å². The number of rotatable bonds is 3. The number of carbonyl (C=O) groups is 2. The van der Waals surface area contributed by atoms with E-state index in [1.54, 1.807) is 4.90 Å². The minimum Gasteiger partial charge on any atom is -0.481 e. The fourth-order valence-corrected chi connectivity index (χ4v) is 3.81. The van der Waals surface area contributed by atoms with Crippen molar-refractivity contribution in [2.45, 2.75) is 31.7 Å². The largest absolute Gasteiger partial charge is 0.481 e. The Bertz CT molecular complexity index is 393. The number of nitrogens with one attached hydrogen (secondary N) is 1. The van der Waals surface area contributed by atoms with Gasteiger partial charge in [-0.25, -0.2) is 4.79 Å². The first-order chi connectivity index (χ1) is 9.61. The van der Waals surface area contributed by atoms with E-state index in [0.717, 1.165) is 13.0 Å². The molecule has 4 heterocycles. The molecule has 4 saturated heterocycles. The Balaban J connectivity index is 1.49. The lowest BCUT2D eigenvalue weighted by Crippen LogP contribution is -2.58. The standard InChI is InChI=1S/C14H23N3O3/c18-13(19)7-10-1-6-17(8-10)14(20)15-12-9-16-4-2-11(12)3-5-16/h10-12H,1-9H2,(H,15,20)(H,18,19). The quantitative estimate of drug-likeness (QED) is 0.794. The zero-order valence-corrected chi connectivity index (χ0v) is 11.8. The van der Waals surface area contributed by atoms with Gasteiger partial charge in [-0.15, -0.1) is 0 Å². The highest BCUT2D eigenvalue weighted by Gasteiger charge is 2.36. The fourth-order valence-electron chi connectivity index (χ4n) is 3.81. The minimum atomic E-state index is -0.769. The van der Waals surface area contributed by atoms with E-state index in [2.05, 4.69) is 10.2 Å². The monoisotopic (exact) mass is 281 g/mol. The van der Waals surface area contributed by atoms with Crippen molar-refractivity contribution in [2.24, 2.45) is 11.8 Å². The number of carbonyl (C=O) groups excluding carboxylic acids is 1. The van der Waals surface area contributed by atoms with Gasteiger partial charge in [0.05, 0.1) is 0 Å². The highest BCUT2D eigenvalue weighted by atomic mass is 16.4. The van der Waals surface area contributed by atoms with Crippen LogP contribution in [0.4, 0.5) is 4.79 Å². The van der Waals surface area contributed by atoms with Gasteiger partial charge >= 0.3 is 12.0 Å². The van der Waals surface area contributed by atoms with Crippen LogP contribution in [-0.2, 0) is 4.79 Å². The third-order valence-corrected chi connectivity index (χ3v) is 5.00. The predicted octanol–water partition coefficient (Wildman–Crippen LogP) is 0.587. The number of carboxylic acid groups (broad SMARTS) is 1. The van der Waals surface area contributed by atoms with Crippen molar-refractivity contribution in [2.75, 3.05) is 32.7 Å². The van der Waals surface area contributed by atoms with Crippen LogP contribution in [0.3, 0.4) is 0 Å². The molecule has 0 aromatic rings. The third kappa shape index (κ3) is 2.90. The summed E-state index contributed by atoms with van der Waals surface area (Å²) in [7, 11) is 0. The maximum atomic E-state index is 12.3. The summed E-state index contributed by atoms with van der Waals surface area (Å²) in [5, 5.41) is 12.0. The summed E-state index contributed by atoms with van der Waals surface area (Å²) in [5.41, 5.74) is 0. The van der Waals surface area contributed by atoms with Crippen LogP contribution in [0.5, 0.6) is 0 Å². The van der Waals surface area contributed by atoms with Gasteiger partial charge in [-0.3, -0.25) is 4.79 Å². The maximum Gasteiger partial charge on any atom is 0.317 e. The Morgan fingerprint density at radius 1 is 1.10 bits per heavy atom. The zero-order valence-electron chi connectivity index (χ0n) is 11.8. The van der Waals surface area contributed by atoms with Crippen LogP contribution in [0.1, 0.15) is 25.7 Å². The van der Waals surface area contributed by atoms with Crippen molar-refractivity contribution in [3.05, 3.63) is 0 Å². The van der Waals surface area contributed by atoms with E-state index >= 15 is 0 Å². The number of fused-ring (bicyclic) bond motifs is 3. The van der Waals surface area contributed by atoms with Gasteiger partial charge in [-0.2, -0.15) is 0 Å². The second kappa shape index (κ2) is 5.60. The van der Waals surface area contributed by atoms with Crippen molar-refractivity contribution in [1.82, 2.24) is 15.1 Å². The highest BCUT2D eigenvalue weighted by molar-refractivity contribution is 5.75. The van der Waals surface area contributed by atoms with E-state index in [0.29, 0.717) is 19.0 Å². The lowest BCUT2D eigenvalue weighted by Gasteiger charge is -2.45. The SMILES string of the molecule is O=C(O)CC1CCN(C(=O)NC2CN3CCC2CC3)C1. The van der Waals surface area contributed by atoms with Crippen LogP contribution < -0.4 is 5.32 Å². The number of piperidine rings is 3. The van der Waals surface area contributed by atoms with Crippen molar-refractivity contribution < 1.29 is 14.7 Å². The smallest absolute Gasteiger partial charge is 0.317 e. The number of hydrogen-bond donors (Lipinski definition) is 2. The Hall–Kier alpha value is -1.30. The van der Waals surface area contributed by atoms with Crippen LogP contribution in [0.15, 0.2) is 0 Å². The molecule has 4 aliphatic rings. The lowest BCUT2D eigenvalue weighted by atomic mass is 9.84. The van der Waals surface area contributed by atoms with Crippen LogP contribution in [-0.4, -0.2) is 65.7 Å². The molecule has 4 rings (SSSR count). The first-order valence-corrected chi connectivity index (χ1v) is 7.61. The molecule has 20 heavy (non-hydrogen) atoms. The summed E-state index contributed by atoms with van der Waals surface area (Å²) in [4.78, 5) is 27.2. The van der Waals surface area contributed by atoms with Crippen molar-refractivity contribution in [3.8, 4) is 0 Å². The van der Waals surface area contributed by atoms with E-state index in [1.807, 2.05) is 0 Å². The molecule has 0 aliphatic carbocycles. The number of nitrogens with zero attached hydrogens (tertiary/aromatic N) is 2. The van der Waals surface area contributed by atoms with Gasteiger partial charge in [0.25, 0.3) is 0 Å². The lowest BCUT2D eigenvalue weighted by molar-refractivity contribution is -0.138. The molecular formula is C14H23N3O3. The first-order valence-electron chi connectivity index (χ1n) is 7.61. The maximum absolute atomic E-state index is 12.3. The molecule has 4 fully saturated rings. The number of aliphatic carboxylic acids is 1. The predicted molar refractivity (Wildman–Crippen MR) is 73.4 cm³/mol. The first kappa shape index (κ1) is 13.7. The van der Waals surface area contributed by atoms with E-state index in [1.165, 1.54) is 25.9 Å². The number of carboxylic acids is 1. The number of hydrogen-bond acceptors (Lipinski definition) is 3. The molecule has 0 saturated carbocycles. The summed E-state index contributed by atoms with van der Waals surface area (Å²) in [6, 6.07) is 0.278. The molecule has 4 aliphatic heterocycles. The fraction of sp³-hybridized carbons (Fsp3) is 0.857. The van der Waals surface area contributed by atoms with Gasteiger partial charge in [0.15, 0.2) is 0 Å². The Kier molecular flexibility index (Phi) is 3.83. The number of likely N-dealkylation sites (tertiary alicyclic amines) is 1. The molecule has 0 aromatic carbocycles. The molecule has 2 N–H and O–H groups in total. The van der Waals surface area contributed by atoms with Crippen LogP contribution in [0.25, 0.3) is 0 Å². The van der Waals surface area contributed by atoms with E-state index in [-0.39, 0.29) is 24.4 Å². The molecule has 0 aromatic heterocycles. The molecule has 2 amide bonds. The summed E-state index contributed by atoms with van der Waals surface area (Å²) in [5.74, 6) is -0.0270. The van der Waals surface area contributed by atoms with Gasteiger partial charge < -0.3 is 20.2 Å². The summed E-state index contributed by atoms with van der Waals surface area (Å²) >= 11 is 0. The van der Waals surface area contributed by atoms with Crippen LogP contribution in [0, 0.1) is 11.8 Å². The Morgan fingerprint density at radius 3 is 2.45 bits per heavy atom. The topological polar surface area (TPSA) is 72.9 Å². The molecule has 6 heteroatoms. The average Bonchev–Trinajstić information content (AvgIpc) is 2.88. The Labute approximate surface area is 119 Å². The molecular weight excluding hydrogens is 258 g/mol. The van der Waals surface area contributed by atoms with E-state index in [4.69, 9.17) is 5.11 Å². The number of amides is 2. The second-order valence-electron chi connectivity index (χ2n) is 6.39. The molecule has 0 spiro atoms. The summed E-state index contributed by atoms with van der Waals surface area (Å²) in [6.45, 7) is 4.58. The third-order valence-electron chi connectivity index (χ3n) is 5.00. The van der Waals surface area contributed by atoms with Crippen molar-refractivity contribution >= 4 is 12.0 Å². The molecule has 2 atom stereocenters. The number of urea groups is 1. The Morgan fingerprint density at radius 2 is 1.85 bits per heavy atom. The van der Waals surface area contributed by atoms with Crippen molar-refractivity contribution in [3.63, 3.8) is 0 Å². The zero-order chi connectivity index (χ0) is 14.1. The minimum absolute atomic E-state index is 0.00311. The summed E-state index contributed by atoms with van der Waals surface area (Å²) in [6.07, 6.45) is 3.35. The van der Waals surface area contributed by atoms with Gasteiger partial charge in [0.2, 0.25) is 0 Å². The van der Waals surface area contributed by atoms with Gasteiger partial charge in [-0.1, -0.05) is 0 Å². The molecule has 0 radical (unpaired) electrons. The van der Waals surface area contributed by atoms with Gasteiger partial charge in [0, 0.05) is 32.1 Å². The molecule has 112 valence electrons. The van der Waals surface area contributed by atoms with Crippen molar-refractivity contribution in [1.29, 1.82) is 0 Å². The molecule has 2 bridgehead atoms. The normalized spacial score (nSPS) is 36.1. The second-order valence-corrected chi connectivity index (χ2v) is 6.39. The molecule has 6 nitrogen and oxygen atoms in total.